The zero-order valence-corrected chi connectivity index (χ0v) is 19.4. The number of fused-ring (bicyclic) bond motifs is 1. The number of carbonyl (C=O) groups excluding carboxylic acids is 2. The molecule has 2 aromatic rings. The number of hydrogen-bond donors (Lipinski definition) is 3. The number of aliphatic hydroxyl groups is 1. The van der Waals surface area contributed by atoms with Gasteiger partial charge in [0.15, 0.2) is 0 Å². The molecule has 0 unspecified atom stereocenters. The molecule has 10 heteroatoms. The number of rotatable bonds is 6. The Morgan fingerprint density at radius 3 is 2.66 bits per heavy atom. The number of urea groups is 1. The Morgan fingerprint density at radius 1 is 1.11 bits per heavy atom. The maximum atomic E-state index is 13.2. The van der Waals surface area contributed by atoms with E-state index >= 15 is 0 Å². The third-order valence-corrected chi connectivity index (χ3v) is 6.24. The minimum Gasteiger partial charge on any atom is -0.389 e. The summed E-state index contributed by atoms with van der Waals surface area (Å²) in [5.41, 5.74) is 1.56. The van der Waals surface area contributed by atoms with Gasteiger partial charge in [-0.15, -0.1) is 0 Å². The summed E-state index contributed by atoms with van der Waals surface area (Å²) in [6.07, 6.45) is 4.05. The number of carbonyl (C=O) groups is 2. The van der Waals surface area contributed by atoms with Gasteiger partial charge in [-0.3, -0.25) is 9.78 Å². The number of nitrogens with one attached hydrogen (secondary N) is 2. The van der Waals surface area contributed by atoms with Crippen molar-refractivity contribution in [3.05, 3.63) is 60.2 Å². The Hall–Kier alpha value is -3.08. The molecule has 1 aromatic carbocycles. The van der Waals surface area contributed by atoms with Crippen LogP contribution in [0.4, 0.5) is 14.9 Å². The fourth-order valence-corrected chi connectivity index (χ4v) is 4.48. The van der Waals surface area contributed by atoms with Gasteiger partial charge in [-0.2, -0.15) is 0 Å². The minimum atomic E-state index is -0.834. The summed E-state index contributed by atoms with van der Waals surface area (Å²) in [4.78, 5) is 31.1. The number of anilines is 1. The van der Waals surface area contributed by atoms with Crippen molar-refractivity contribution in [1.82, 2.24) is 15.2 Å². The van der Waals surface area contributed by atoms with Gasteiger partial charge in [0, 0.05) is 24.6 Å². The number of amides is 3. The van der Waals surface area contributed by atoms with E-state index in [9.17, 15) is 19.1 Å². The van der Waals surface area contributed by atoms with Crippen molar-refractivity contribution in [2.24, 2.45) is 0 Å². The minimum absolute atomic E-state index is 0.0765. The first-order chi connectivity index (χ1) is 17.0. The van der Waals surface area contributed by atoms with Gasteiger partial charge in [0.2, 0.25) is 5.91 Å². The maximum absolute atomic E-state index is 13.2. The van der Waals surface area contributed by atoms with Crippen LogP contribution in [0.25, 0.3) is 0 Å². The Bertz CT molecular complexity index is 978. The van der Waals surface area contributed by atoms with E-state index in [2.05, 4.69) is 15.6 Å². The van der Waals surface area contributed by atoms with Crippen molar-refractivity contribution in [2.45, 2.75) is 50.0 Å². The topological polar surface area (TPSA) is 113 Å². The van der Waals surface area contributed by atoms with E-state index in [-0.39, 0.29) is 44.2 Å². The Balaban J connectivity index is 1.32. The molecule has 35 heavy (non-hydrogen) atoms. The summed E-state index contributed by atoms with van der Waals surface area (Å²) >= 11 is 0. The number of aliphatic hydroxyl groups excluding tert-OH is 1. The van der Waals surface area contributed by atoms with Crippen LogP contribution >= 0.6 is 0 Å². The van der Waals surface area contributed by atoms with E-state index in [4.69, 9.17) is 9.47 Å². The van der Waals surface area contributed by atoms with Crippen LogP contribution in [-0.2, 0) is 20.7 Å². The molecule has 0 bridgehead atoms. The van der Waals surface area contributed by atoms with Crippen LogP contribution in [0.1, 0.15) is 24.8 Å². The molecule has 0 aliphatic carbocycles. The molecule has 2 aliphatic heterocycles. The molecular weight excluding hydrogens is 455 g/mol. The molecule has 4 atom stereocenters. The predicted molar refractivity (Wildman–Crippen MR) is 126 cm³/mol. The Kier molecular flexibility index (Phi) is 8.62. The normalized spacial score (nSPS) is 24.6. The number of pyridine rings is 1. The highest BCUT2D eigenvalue weighted by atomic mass is 19.1. The number of aromatic nitrogens is 1. The molecule has 0 spiro atoms. The van der Waals surface area contributed by atoms with Crippen molar-refractivity contribution >= 4 is 17.6 Å². The number of hydrogen-bond acceptors (Lipinski definition) is 6. The lowest BCUT2D eigenvalue weighted by Crippen LogP contribution is -2.58. The Morgan fingerprint density at radius 2 is 1.89 bits per heavy atom. The van der Waals surface area contributed by atoms with Crippen molar-refractivity contribution < 1.29 is 28.6 Å². The van der Waals surface area contributed by atoms with Gasteiger partial charge in [-0.25, -0.2) is 9.18 Å². The lowest BCUT2D eigenvalue weighted by Gasteiger charge is -2.44. The molecule has 1 aromatic heterocycles. The molecule has 3 N–H and O–H groups in total. The van der Waals surface area contributed by atoms with E-state index < -0.39 is 24.1 Å². The fraction of sp³-hybridized carbons (Fsp3) is 0.480. The number of benzene rings is 1. The largest absolute Gasteiger partial charge is 0.389 e. The van der Waals surface area contributed by atoms with Crippen molar-refractivity contribution in [2.75, 3.05) is 31.6 Å². The standard InChI is InChI=1S/C25H31FN4O5/c26-18-1-3-19(4-2-18)29-25(33)30-14-20(31)15-34-16-23-22(30)6-5-21(35-23)13-24(32)28-12-9-17-7-10-27-11-8-17/h1-4,7-8,10-11,20-23,31H,5-6,9,12-16H2,(H,28,32)(H,29,33)/t20-,21-,22+,23-/m1/s1. The second-order valence-corrected chi connectivity index (χ2v) is 8.88. The molecule has 0 saturated carbocycles. The van der Waals surface area contributed by atoms with Gasteiger partial charge in [0.25, 0.3) is 0 Å². The molecule has 188 valence electrons. The van der Waals surface area contributed by atoms with Crippen LogP contribution in [-0.4, -0.2) is 77.6 Å². The van der Waals surface area contributed by atoms with Crippen LogP contribution in [0.15, 0.2) is 48.8 Å². The highest BCUT2D eigenvalue weighted by molar-refractivity contribution is 5.89. The molecule has 9 nitrogen and oxygen atoms in total. The SMILES string of the molecule is O=C(C[C@H]1CC[C@H]2[C@@H](COC[C@H](O)CN2C(=O)Nc2ccc(F)cc2)O1)NCCc1ccncc1. The third-order valence-electron chi connectivity index (χ3n) is 6.24. The van der Waals surface area contributed by atoms with E-state index in [1.54, 1.807) is 17.3 Å². The molecule has 0 radical (unpaired) electrons. The van der Waals surface area contributed by atoms with E-state index in [0.29, 0.717) is 25.1 Å². The first-order valence-corrected chi connectivity index (χ1v) is 11.9. The van der Waals surface area contributed by atoms with Gasteiger partial charge < -0.3 is 30.1 Å². The Labute approximate surface area is 203 Å². The van der Waals surface area contributed by atoms with Crippen LogP contribution in [0.2, 0.25) is 0 Å². The van der Waals surface area contributed by atoms with Crippen molar-refractivity contribution in [3.63, 3.8) is 0 Å². The van der Waals surface area contributed by atoms with Gasteiger partial charge in [0.1, 0.15) is 11.9 Å². The number of nitrogens with zero attached hydrogens (tertiary/aromatic N) is 2. The van der Waals surface area contributed by atoms with Crippen LogP contribution in [0, 0.1) is 5.82 Å². The highest BCUT2D eigenvalue weighted by Gasteiger charge is 2.40. The highest BCUT2D eigenvalue weighted by Crippen LogP contribution is 2.28. The molecule has 2 saturated heterocycles. The molecule has 2 aliphatic rings. The van der Waals surface area contributed by atoms with Gasteiger partial charge in [-0.1, -0.05) is 0 Å². The number of halogens is 1. The maximum Gasteiger partial charge on any atom is 0.322 e. The van der Waals surface area contributed by atoms with Gasteiger partial charge in [0.05, 0.1) is 44.4 Å². The summed E-state index contributed by atoms with van der Waals surface area (Å²) in [6.45, 7) is 0.896. The number of ether oxygens (including phenoxy) is 2. The van der Waals surface area contributed by atoms with Gasteiger partial charge in [-0.05, 0) is 61.2 Å². The average molecular weight is 487 g/mol. The van der Waals surface area contributed by atoms with Gasteiger partial charge >= 0.3 is 6.03 Å². The van der Waals surface area contributed by atoms with E-state index in [1.807, 2.05) is 12.1 Å². The molecule has 3 heterocycles. The van der Waals surface area contributed by atoms with Crippen LogP contribution in [0.5, 0.6) is 0 Å². The molecule has 3 amide bonds. The quantitative estimate of drug-likeness (QED) is 0.577. The summed E-state index contributed by atoms with van der Waals surface area (Å²) in [6, 6.07) is 8.61. The zero-order chi connectivity index (χ0) is 24.6. The van der Waals surface area contributed by atoms with Crippen molar-refractivity contribution in [1.29, 1.82) is 0 Å². The average Bonchev–Trinajstić information content (AvgIpc) is 2.84. The fourth-order valence-electron chi connectivity index (χ4n) is 4.48. The monoisotopic (exact) mass is 486 g/mol. The molecule has 4 rings (SSSR count). The second kappa shape index (κ2) is 12.1. The van der Waals surface area contributed by atoms with E-state index in [0.717, 1.165) is 12.0 Å². The first kappa shape index (κ1) is 25.0. The van der Waals surface area contributed by atoms with E-state index in [1.165, 1.54) is 24.3 Å². The summed E-state index contributed by atoms with van der Waals surface area (Å²) < 4.78 is 25.0. The third kappa shape index (κ3) is 7.20. The zero-order valence-electron chi connectivity index (χ0n) is 19.4. The van der Waals surface area contributed by atoms with Crippen LogP contribution < -0.4 is 10.6 Å². The summed E-state index contributed by atoms with van der Waals surface area (Å²) in [5, 5.41) is 16.0. The first-order valence-electron chi connectivity index (χ1n) is 11.9. The smallest absolute Gasteiger partial charge is 0.322 e. The summed E-state index contributed by atoms with van der Waals surface area (Å²) in [7, 11) is 0. The molecule has 2 fully saturated rings. The lowest BCUT2D eigenvalue weighted by molar-refractivity contribution is -0.149. The predicted octanol–water partition coefficient (Wildman–Crippen LogP) is 2.11. The van der Waals surface area contributed by atoms with Crippen molar-refractivity contribution in [3.8, 4) is 0 Å². The number of β-amino-alcohol motifs (C(OH)–C–C–N with tert-alkyl or cyclic N) is 1. The second-order valence-electron chi connectivity index (χ2n) is 8.88. The summed E-state index contributed by atoms with van der Waals surface area (Å²) in [5.74, 6) is -0.481. The molecular formula is C25H31FN4O5. The van der Waals surface area contributed by atoms with Crippen LogP contribution in [0.3, 0.4) is 0 Å². The lowest BCUT2D eigenvalue weighted by atomic mass is 9.95.